The highest BCUT2D eigenvalue weighted by Crippen LogP contribution is 2.40. The van der Waals surface area contributed by atoms with Crippen molar-refractivity contribution in [1.82, 2.24) is 0 Å². The molecule has 4 atom stereocenters. The molecule has 1 N–H and O–H groups in total. The third kappa shape index (κ3) is 0.662. The Morgan fingerprint density at radius 3 is 2.60 bits per heavy atom. The third-order valence-corrected chi connectivity index (χ3v) is 2.65. The number of fused-ring (bicyclic) bond motifs is 2. The zero-order valence-corrected chi connectivity index (χ0v) is 6.03. The molecule has 0 aliphatic heterocycles. The largest absolute Gasteiger partial charge is 0.392 e. The number of ether oxygens (including phenoxy) is 1. The Bertz CT molecular complexity index is 165. The maximum absolute atomic E-state index is 9.49. The van der Waals surface area contributed by atoms with Gasteiger partial charge in [0.1, 0.15) is 0 Å². The van der Waals surface area contributed by atoms with Crippen LogP contribution in [-0.2, 0) is 4.74 Å². The summed E-state index contributed by atoms with van der Waals surface area (Å²) in [7, 11) is 1.71. The van der Waals surface area contributed by atoms with Gasteiger partial charge in [0, 0.05) is 18.9 Å². The molecular weight excluding hydrogens is 128 g/mol. The van der Waals surface area contributed by atoms with Crippen LogP contribution in [0.3, 0.4) is 0 Å². The van der Waals surface area contributed by atoms with Crippen LogP contribution in [-0.4, -0.2) is 24.4 Å². The molecule has 1 fully saturated rings. The van der Waals surface area contributed by atoms with Crippen LogP contribution in [0.25, 0.3) is 0 Å². The van der Waals surface area contributed by atoms with Crippen molar-refractivity contribution in [2.24, 2.45) is 11.8 Å². The summed E-state index contributed by atoms with van der Waals surface area (Å²) in [5.41, 5.74) is 0. The summed E-state index contributed by atoms with van der Waals surface area (Å²) in [6, 6.07) is 0. The number of aliphatic hydroxyl groups is 1. The van der Waals surface area contributed by atoms with E-state index in [1.54, 1.807) is 7.11 Å². The molecule has 0 aromatic heterocycles. The average Bonchev–Trinajstić information content (AvgIpc) is 2.46. The van der Waals surface area contributed by atoms with Crippen LogP contribution in [0.2, 0.25) is 0 Å². The topological polar surface area (TPSA) is 29.5 Å². The van der Waals surface area contributed by atoms with Gasteiger partial charge in [-0.05, 0) is 6.42 Å². The van der Waals surface area contributed by atoms with Crippen molar-refractivity contribution in [1.29, 1.82) is 0 Å². The van der Waals surface area contributed by atoms with Crippen molar-refractivity contribution in [3.05, 3.63) is 12.2 Å². The summed E-state index contributed by atoms with van der Waals surface area (Å²) in [5.74, 6) is 0.643. The predicted octanol–water partition coefficient (Wildman–Crippen LogP) is 0.568. The van der Waals surface area contributed by atoms with E-state index in [-0.39, 0.29) is 18.1 Å². The van der Waals surface area contributed by atoms with Crippen LogP contribution in [0.4, 0.5) is 0 Å². The Morgan fingerprint density at radius 1 is 1.50 bits per heavy atom. The summed E-state index contributed by atoms with van der Waals surface area (Å²) >= 11 is 0. The SMILES string of the molecule is COC1CC2C=CC1C2O. The normalized spacial score (nSPS) is 50.6. The van der Waals surface area contributed by atoms with Gasteiger partial charge in [-0.25, -0.2) is 0 Å². The monoisotopic (exact) mass is 140 g/mol. The Morgan fingerprint density at radius 2 is 2.30 bits per heavy atom. The molecule has 56 valence electrons. The van der Waals surface area contributed by atoms with E-state index in [0.29, 0.717) is 5.92 Å². The molecule has 0 spiro atoms. The Balaban J connectivity index is 2.16. The van der Waals surface area contributed by atoms with Gasteiger partial charge in [-0.1, -0.05) is 12.2 Å². The number of methoxy groups -OCH3 is 1. The highest BCUT2D eigenvalue weighted by atomic mass is 16.5. The molecule has 2 bridgehead atoms. The lowest BCUT2D eigenvalue weighted by Crippen LogP contribution is -2.20. The quantitative estimate of drug-likeness (QED) is 0.539. The average molecular weight is 140 g/mol. The Kier molecular flexibility index (Phi) is 1.32. The summed E-state index contributed by atoms with van der Waals surface area (Å²) in [6.45, 7) is 0. The molecule has 0 aromatic carbocycles. The van der Waals surface area contributed by atoms with Crippen LogP contribution in [0.15, 0.2) is 12.2 Å². The molecule has 0 amide bonds. The van der Waals surface area contributed by atoms with Gasteiger partial charge in [-0.15, -0.1) is 0 Å². The maximum atomic E-state index is 9.49. The third-order valence-electron chi connectivity index (χ3n) is 2.65. The van der Waals surface area contributed by atoms with Gasteiger partial charge in [-0.2, -0.15) is 0 Å². The summed E-state index contributed by atoms with van der Waals surface area (Å²) in [4.78, 5) is 0. The standard InChI is InChI=1S/C8H12O2/c1-10-7-4-5-2-3-6(7)8(5)9/h2-3,5-9H,4H2,1H3. The zero-order chi connectivity index (χ0) is 7.14. The van der Waals surface area contributed by atoms with Crippen LogP contribution in [0.5, 0.6) is 0 Å². The minimum atomic E-state index is -0.162. The van der Waals surface area contributed by atoms with Crippen molar-refractivity contribution >= 4 is 0 Å². The van der Waals surface area contributed by atoms with E-state index in [2.05, 4.69) is 12.2 Å². The first-order valence-electron chi connectivity index (χ1n) is 3.72. The van der Waals surface area contributed by atoms with E-state index in [4.69, 9.17) is 4.74 Å². The molecule has 2 rings (SSSR count). The van der Waals surface area contributed by atoms with Gasteiger partial charge in [0.25, 0.3) is 0 Å². The molecule has 1 saturated carbocycles. The van der Waals surface area contributed by atoms with Gasteiger partial charge < -0.3 is 9.84 Å². The highest BCUT2D eigenvalue weighted by Gasteiger charge is 2.43. The van der Waals surface area contributed by atoms with Crippen molar-refractivity contribution in [3.63, 3.8) is 0 Å². The molecule has 2 nitrogen and oxygen atoms in total. The van der Waals surface area contributed by atoms with Gasteiger partial charge in [0.05, 0.1) is 12.2 Å². The molecule has 0 saturated heterocycles. The second-order valence-electron chi connectivity index (χ2n) is 3.13. The second kappa shape index (κ2) is 2.07. The van der Waals surface area contributed by atoms with E-state index < -0.39 is 0 Å². The van der Waals surface area contributed by atoms with Crippen LogP contribution < -0.4 is 0 Å². The van der Waals surface area contributed by atoms with Gasteiger partial charge in [0.2, 0.25) is 0 Å². The van der Waals surface area contributed by atoms with E-state index in [1.807, 2.05) is 0 Å². The number of aliphatic hydroxyl groups excluding tert-OH is 1. The van der Waals surface area contributed by atoms with Crippen molar-refractivity contribution in [2.75, 3.05) is 7.11 Å². The summed E-state index contributed by atoms with van der Waals surface area (Å²) < 4.78 is 5.20. The molecule has 0 aromatic rings. The number of rotatable bonds is 1. The number of hydrogen-bond donors (Lipinski definition) is 1. The van der Waals surface area contributed by atoms with Gasteiger partial charge in [-0.3, -0.25) is 0 Å². The van der Waals surface area contributed by atoms with E-state index in [1.165, 1.54) is 0 Å². The Labute approximate surface area is 60.5 Å². The first-order chi connectivity index (χ1) is 4.83. The molecule has 0 heterocycles. The first kappa shape index (κ1) is 6.38. The fraction of sp³-hybridized carbons (Fsp3) is 0.750. The molecule has 2 aliphatic carbocycles. The molecule has 0 radical (unpaired) electrons. The molecular formula is C8H12O2. The maximum Gasteiger partial charge on any atom is 0.0691 e. The summed E-state index contributed by atoms with van der Waals surface area (Å²) in [6.07, 6.45) is 5.28. The lowest BCUT2D eigenvalue weighted by molar-refractivity contribution is 0.0556. The van der Waals surface area contributed by atoms with Crippen LogP contribution in [0, 0.1) is 11.8 Å². The van der Waals surface area contributed by atoms with E-state index >= 15 is 0 Å². The molecule has 2 heteroatoms. The van der Waals surface area contributed by atoms with Gasteiger partial charge >= 0.3 is 0 Å². The molecule has 10 heavy (non-hydrogen) atoms. The minimum Gasteiger partial charge on any atom is -0.392 e. The van der Waals surface area contributed by atoms with Crippen LogP contribution >= 0.6 is 0 Å². The fourth-order valence-corrected chi connectivity index (χ4v) is 2.02. The molecule has 2 aliphatic rings. The second-order valence-corrected chi connectivity index (χ2v) is 3.13. The van der Waals surface area contributed by atoms with Crippen molar-refractivity contribution in [3.8, 4) is 0 Å². The van der Waals surface area contributed by atoms with Crippen molar-refractivity contribution < 1.29 is 9.84 Å². The zero-order valence-electron chi connectivity index (χ0n) is 6.03. The lowest BCUT2D eigenvalue weighted by Gasteiger charge is -2.15. The summed E-state index contributed by atoms with van der Waals surface area (Å²) in [5, 5.41) is 9.49. The highest BCUT2D eigenvalue weighted by molar-refractivity contribution is 5.15. The van der Waals surface area contributed by atoms with Gasteiger partial charge in [0.15, 0.2) is 0 Å². The van der Waals surface area contributed by atoms with E-state index in [9.17, 15) is 5.11 Å². The Hall–Kier alpha value is -0.340. The lowest BCUT2D eigenvalue weighted by atomic mass is 10.1. The number of hydrogen-bond acceptors (Lipinski definition) is 2. The van der Waals surface area contributed by atoms with E-state index in [0.717, 1.165) is 6.42 Å². The minimum absolute atomic E-state index is 0.162. The fourth-order valence-electron chi connectivity index (χ4n) is 2.02. The predicted molar refractivity (Wildman–Crippen MR) is 37.5 cm³/mol. The smallest absolute Gasteiger partial charge is 0.0691 e. The first-order valence-corrected chi connectivity index (χ1v) is 3.72. The molecule has 4 unspecified atom stereocenters. The van der Waals surface area contributed by atoms with Crippen molar-refractivity contribution in [2.45, 2.75) is 18.6 Å². The van der Waals surface area contributed by atoms with Crippen LogP contribution in [0.1, 0.15) is 6.42 Å².